The molecule has 0 spiro atoms. The van der Waals surface area contributed by atoms with E-state index >= 15 is 0 Å². The molecular weight excluding hydrogens is 220 g/mol. The van der Waals surface area contributed by atoms with E-state index in [1.807, 2.05) is 0 Å². The van der Waals surface area contributed by atoms with Gasteiger partial charge in [0.2, 0.25) is 0 Å². The van der Waals surface area contributed by atoms with Gasteiger partial charge >= 0.3 is 0 Å². The maximum absolute atomic E-state index is 3.50. The fourth-order valence-electron chi connectivity index (χ4n) is 3.56. The van der Waals surface area contributed by atoms with Crippen molar-refractivity contribution in [2.75, 3.05) is 31.1 Å². The van der Waals surface area contributed by atoms with Crippen LogP contribution in [0.2, 0.25) is 0 Å². The molecule has 0 saturated carbocycles. The molecule has 1 saturated heterocycles. The molecule has 3 rings (SSSR count). The van der Waals surface area contributed by atoms with Gasteiger partial charge in [-0.05, 0) is 55.8 Å². The summed E-state index contributed by atoms with van der Waals surface area (Å²) in [6.45, 7) is 7.23. The van der Waals surface area contributed by atoms with Gasteiger partial charge in [-0.15, -0.1) is 0 Å². The first-order chi connectivity index (χ1) is 8.83. The summed E-state index contributed by atoms with van der Waals surface area (Å²) in [6.07, 6.45) is 5.21. The van der Waals surface area contributed by atoms with Crippen molar-refractivity contribution in [1.29, 1.82) is 0 Å². The van der Waals surface area contributed by atoms with Gasteiger partial charge in [-0.25, -0.2) is 0 Å². The number of rotatable bonds is 3. The topological polar surface area (TPSA) is 15.3 Å². The fraction of sp³-hybridized carbons (Fsp3) is 0.625. The largest absolute Gasteiger partial charge is 0.370 e. The Bertz CT molecular complexity index is 407. The molecule has 0 amide bonds. The fourth-order valence-corrected chi connectivity index (χ4v) is 3.56. The second-order valence-corrected chi connectivity index (χ2v) is 5.90. The van der Waals surface area contributed by atoms with Crippen molar-refractivity contribution in [2.45, 2.75) is 32.6 Å². The second-order valence-electron chi connectivity index (χ2n) is 5.90. The highest BCUT2D eigenvalue weighted by Gasteiger charge is 2.33. The Morgan fingerprint density at radius 2 is 2.00 bits per heavy atom. The number of para-hydroxylation sites is 1. The molecule has 1 aromatic carbocycles. The highest BCUT2D eigenvalue weighted by Crippen LogP contribution is 2.37. The third-order valence-electron chi connectivity index (χ3n) is 4.92. The smallest absolute Gasteiger partial charge is 0.0399 e. The molecule has 18 heavy (non-hydrogen) atoms. The number of nitrogens with zero attached hydrogens (tertiary/aromatic N) is 1. The van der Waals surface area contributed by atoms with Gasteiger partial charge in [0.1, 0.15) is 0 Å². The van der Waals surface area contributed by atoms with E-state index in [9.17, 15) is 0 Å². The molecule has 2 aliphatic rings. The zero-order valence-corrected chi connectivity index (χ0v) is 11.4. The number of benzene rings is 1. The van der Waals surface area contributed by atoms with Crippen molar-refractivity contribution in [2.24, 2.45) is 5.41 Å². The van der Waals surface area contributed by atoms with Crippen LogP contribution in [0.3, 0.4) is 0 Å². The first-order valence-corrected chi connectivity index (χ1v) is 7.37. The van der Waals surface area contributed by atoms with Crippen molar-refractivity contribution >= 4 is 5.69 Å². The number of anilines is 1. The molecule has 2 heteroatoms. The molecule has 0 bridgehead atoms. The summed E-state index contributed by atoms with van der Waals surface area (Å²) in [5.41, 5.74) is 3.57. The number of fused-ring (bicyclic) bond motifs is 1. The van der Waals surface area contributed by atoms with Crippen LogP contribution in [0.5, 0.6) is 0 Å². The van der Waals surface area contributed by atoms with Crippen LogP contribution in [0.1, 0.15) is 31.7 Å². The summed E-state index contributed by atoms with van der Waals surface area (Å²) in [7, 11) is 0. The molecule has 0 unspecified atom stereocenters. The van der Waals surface area contributed by atoms with Crippen LogP contribution in [-0.2, 0) is 6.42 Å². The molecule has 1 fully saturated rings. The van der Waals surface area contributed by atoms with Crippen molar-refractivity contribution in [3.05, 3.63) is 29.8 Å². The summed E-state index contributed by atoms with van der Waals surface area (Å²) in [5, 5.41) is 3.50. The lowest BCUT2D eigenvalue weighted by Gasteiger charge is -2.40. The van der Waals surface area contributed by atoms with Crippen LogP contribution in [0.4, 0.5) is 5.69 Å². The molecule has 0 aliphatic carbocycles. The molecule has 0 radical (unpaired) electrons. The quantitative estimate of drug-likeness (QED) is 0.879. The van der Waals surface area contributed by atoms with Gasteiger partial charge in [-0.2, -0.15) is 0 Å². The lowest BCUT2D eigenvalue weighted by atomic mass is 9.76. The minimum atomic E-state index is 0.544. The number of nitrogens with one attached hydrogen (secondary N) is 1. The molecule has 1 N–H and O–H groups in total. The van der Waals surface area contributed by atoms with E-state index in [4.69, 9.17) is 0 Å². The Morgan fingerprint density at radius 3 is 2.78 bits per heavy atom. The molecule has 1 aromatic rings. The highest BCUT2D eigenvalue weighted by atomic mass is 15.2. The maximum Gasteiger partial charge on any atom is 0.0399 e. The second kappa shape index (κ2) is 4.93. The monoisotopic (exact) mass is 244 g/mol. The summed E-state index contributed by atoms with van der Waals surface area (Å²) in [4.78, 5) is 2.63. The van der Waals surface area contributed by atoms with Crippen molar-refractivity contribution in [3.63, 3.8) is 0 Å². The van der Waals surface area contributed by atoms with Crippen molar-refractivity contribution in [1.82, 2.24) is 5.32 Å². The Labute approximate surface area is 110 Å². The molecule has 2 nitrogen and oxygen atoms in total. The number of hydrogen-bond donors (Lipinski definition) is 1. The normalized spacial score (nSPS) is 21.9. The van der Waals surface area contributed by atoms with Crippen molar-refractivity contribution < 1.29 is 0 Å². The predicted molar refractivity (Wildman–Crippen MR) is 77.2 cm³/mol. The van der Waals surface area contributed by atoms with Crippen LogP contribution in [0.15, 0.2) is 24.3 Å². The first-order valence-electron chi connectivity index (χ1n) is 7.37. The molecular formula is C16H24N2. The van der Waals surface area contributed by atoms with E-state index in [1.54, 1.807) is 0 Å². The zero-order valence-electron chi connectivity index (χ0n) is 11.4. The Morgan fingerprint density at radius 1 is 1.22 bits per heavy atom. The summed E-state index contributed by atoms with van der Waals surface area (Å²) < 4.78 is 0. The summed E-state index contributed by atoms with van der Waals surface area (Å²) in [5.74, 6) is 0. The third-order valence-corrected chi connectivity index (χ3v) is 4.92. The average molecular weight is 244 g/mol. The van der Waals surface area contributed by atoms with E-state index in [2.05, 4.69) is 41.4 Å². The lowest BCUT2D eigenvalue weighted by molar-refractivity contribution is 0.199. The zero-order chi connectivity index (χ0) is 12.4. The molecule has 0 atom stereocenters. The van der Waals surface area contributed by atoms with Gasteiger partial charge < -0.3 is 10.2 Å². The van der Waals surface area contributed by atoms with Crippen molar-refractivity contribution in [3.8, 4) is 0 Å². The summed E-state index contributed by atoms with van der Waals surface area (Å²) in [6, 6.07) is 8.93. The number of piperidine rings is 1. The number of hydrogen-bond acceptors (Lipinski definition) is 2. The van der Waals surface area contributed by atoms with Gasteiger partial charge in [0, 0.05) is 18.8 Å². The average Bonchev–Trinajstić information content (AvgIpc) is 2.83. The highest BCUT2D eigenvalue weighted by molar-refractivity contribution is 5.57. The van der Waals surface area contributed by atoms with Crippen LogP contribution in [0.25, 0.3) is 0 Å². The predicted octanol–water partition coefficient (Wildman–Crippen LogP) is 2.83. The van der Waals surface area contributed by atoms with Crippen LogP contribution in [0, 0.1) is 5.41 Å². The Balaban J connectivity index is 1.77. The molecule has 2 aliphatic heterocycles. The first kappa shape index (κ1) is 12.0. The van der Waals surface area contributed by atoms with E-state index < -0.39 is 0 Å². The van der Waals surface area contributed by atoms with Gasteiger partial charge in [0.05, 0.1) is 0 Å². The minimum Gasteiger partial charge on any atom is -0.370 e. The van der Waals surface area contributed by atoms with Gasteiger partial charge in [0.25, 0.3) is 0 Å². The van der Waals surface area contributed by atoms with E-state index in [0.717, 1.165) is 0 Å². The van der Waals surface area contributed by atoms with E-state index in [1.165, 1.54) is 63.1 Å². The van der Waals surface area contributed by atoms with Crippen LogP contribution < -0.4 is 10.2 Å². The van der Waals surface area contributed by atoms with Crippen LogP contribution in [-0.4, -0.2) is 26.2 Å². The molecule has 98 valence electrons. The Hall–Kier alpha value is -1.02. The van der Waals surface area contributed by atoms with E-state index in [0.29, 0.717) is 5.41 Å². The SMILES string of the molecule is CCC1(CN2CCc3ccccc32)CCNCC1. The van der Waals surface area contributed by atoms with E-state index in [-0.39, 0.29) is 0 Å². The lowest BCUT2D eigenvalue weighted by Crippen LogP contribution is -2.44. The maximum atomic E-state index is 3.50. The standard InChI is InChI=1S/C16H24N2/c1-2-16(8-10-17-11-9-16)13-18-12-7-14-5-3-4-6-15(14)18/h3-6,17H,2,7-13H2,1H3. The van der Waals surface area contributed by atoms with Gasteiger partial charge in [0.15, 0.2) is 0 Å². The van der Waals surface area contributed by atoms with Crippen LogP contribution >= 0.6 is 0 Å². The molecule has 0 aromatic heterocycles. The summed E-state index contributed by atoms with van der Waals surface area (Å²) >= 11 is 0. The third kappa shape index (κ3) is 2.14. The minimum absolute atomic E-state index is 0.544. The Kier molecular flexibility index (Phi) is 3.29. The van der Waals surface area contributed by atoms with Gasteiger partial charge in [-0.1, -0.05) is 25.1 Å². The molecule has 2 heterocycles. The van der Waals surface area contributed by atoms with Gasteiger partial charge in [-0.3, -0.25) is 0 Å².